The maximum atomic E-state index is 11.1. The normalized spacial score (nSPS) is 32.1. The number of nitrogens with one attached hydrogen (secondary N) is 1. The molecule has 1 saturated heterocycles. The summed E-state index contributed by atoms with van der Waals surface area (Å²) < 4.78 is 14.9. The minimum absolute atomic E-state index is 0.321. The number of hydrogen-bond donors (Lipinski definition) is 3. The molecule has 9 heteroatoms. The van der Waals surface area contributed by atoms with Crippen molar-refractivity contribution < 1.29 is 38.8 Å². The van der Waals surface area contributed by atoms with Crippen molar-refractivity contribution in [1.29, 1.82) is 0 Å². The molecule has 120 valence electrons. The minimum Gasteiger partial charge on any atom is -0.463 e. The van der Waals surface area contributed by atoms with Gasteiger partial charge in [0.05, 0.1) is 0 Å². The Morgan fingerprint density at radius 1 is 1.10 bits per heavy atom. The van der Waals surface area contributed by atoms with Crippen molar-refractivity contribution in [1.82, 2.24) is 5.32 Å². The molecule has 0 saturated carbocycles. The van der Waals surface area contributed by atoms with Crippen LogP contribution in [0.1, 0.15) is 20.8 Å². The van der Waals surface area contributed by atoms with Crippen LogP contribution in [-0.2, 0) is 28.6 Å². The second kappa shape index (κ2) is 7.34. The van der Waals surface area contributed by atoms with E-state index in [1.807, 2.05) is 0 Å². The molecule has 5 atom stereocenters. The number of ether oxygens (including phenoxy) is 3. The Balaban J connectivity index is 2.84. The van der Waals surface area contributed by atoms with Crippen LogP contribution >= 0.6 is 0 Å². The van der Waals surface area contributed by atoms with Crippen LogP contribution in [-0.4, -0.2) is 65.3 Å². The van der Waals surface area contributed by atoms with Gasteiger partial charge in [0, 0.05) is 20.8 Å². The first-order chi connectivity index (χ1) is 9.72. The summed E-state index contributed by atoms with van der Waals surface area (Å²) in [6.07, 6.45) is -5.26. The van der Waals surface area contributed by atoms with Crippen LogP contribution < -0.4 is 5.32 Å². The standard InChI is InChI=1S/C12H19NO8/c1-5(14)13-9-11(18)10(17)8(4-19-6(2)15)21-12(9)20-7(3)16/h8-12,17-18H,4H2,1-3H3,(H,13,14)/t8-,9-,10-,11-,12+/m1/s1. The lowest BCUT2D eigenvalue weighted by Gasteiger charge is -2.41. The van der Waals surface area contributed by atoms with Gasteiger partial charge in [0.15, 0.2) is 0 Å². The number of aliphatic hydroxyl groups excluding tert-OH is 2. The highest BCUT2D eigenvalue weighted by Crippen LogP contribution is 2.22. The smallest absolute Gasteiger partial charge is 0.305 e. The quantitative estimate of drug-likeness (QED) is 0.511. The molecule has 9 nitrogen and oxygen atoms in total. The molecule has 0 bridgehead atoms. The van der Waals surface area contributed by atoms with E-state index in [1.54, 1.807) is 0 Å². The molecule has 1 amide bonds. The van der Waals surface area contributed by atoms with Crippen LogP contribution in [0.4, 0.5) is 0 Å². The summed E-state index contributed by atoms with van der Waals surface area (Å²) in [5.41, 5.74) is 0. The fourth-order valence-corrected chi connectivity index (χ4v) is 1.92. The highest BCUT2D eigenvalue weighted by molar-refractivity contribution is 5.73. The first-order valence-corrected chi connectivity index (χ1v) is 6.31. The van der Waals surface area contributed by atoms with Gasteiger partial charge in [-0.1, -0.05) is 0 Å². The Labute approximate surface area is 121 Å². The summed E-state index contributed by atoms with van der Waals surface area (Å²) in [5, 5.41) is 22.3. The van der Waals surface area contributed by atoms with E-state index in [1.165, 1.54) is 13.8 Å². The van der Waals surface area contributed by atoms with E-state index in [0.717, 1.165) is 6.92 Å². The van der Waals surface area contributed by atoms with Gasteiger partial charge in [0.25, 0.3) is 0 Å². The molecule has 21 heavy (non-hydrogen) atoms. The highest BCUT2D eigenvalue weighted by atomic mass is 16.7. The van der Waals surface area contributed by atoms with Gasteiger partial charge in [-0.3, -0.25) is 14.4 Å². The minimum atomic E-state index is -1.45. The van der Waals surface area contributed by atoms with Crippen LogP contribution in [0.3, 0.4) is 0 Å². The number of carbonyl (C=O) groups excluding carboxylic acids is 3. The van der Waals surface area contributed by atoms with Crippen molar-refractivity contribution in [2.24, 2.45) is 0 Å². The highest BCUT2D eigenvalue weighted by Gasteiger charge is 2.46. The van der Waals surface area contributed by atoms with Crippen molar-refractivity contribution in [3.05, 3.63) is 0 Å². The van der Waals surface area contributed by atoms with Gasteiger partial charge >= 0.3 is 11.9 Å². The van der Waals surface area contributed by atoms with Crippen molar-refractivity contribution in [3.8, 4) is 0 Å². The molecule has 3 N–H and O–H groups in total. The van der Waals surface area contributed by atoms with Crippen LogP contribution in [0.5, 0.6) is 0 Å². The Bertz CT molecular complexity index is 410. The van der Waals surface area contributed by atoms with E-state index in [9.17, 15) is 24.6 Å². The fraction of sp³-hybridized carbons (Fsp3) is 0.750. The topological polar surface area (TPSA) is 131 Å². The maximum absolute atomic E-state index is 11.1. The summed E-state index contributed by atoms with van der Waals surface area (Å²) in [7, 11) is 0. The molecule has 0 spiro atoms. The molecule has 1 rings (SSSR count). The van der Waals surface area contributed by atoms with E-state index in [4.69, 9.17) is 14.2 Å². The molecule has 1 aliphatic rings. The predicted octanol–water partition coefficient (Wildman–Crippen LogP) is -1.94. The lowest BCUT2D eigenvalue weighted by Crippen LogP contribution is -2.64. The SMILES string of the molecule is CC(=O)N[C@H]1[C@@H](OC(C)=O)O[C@H](COC(C)=O)[C@@H](O)[C@@H]1O. The second-order valence-corrected chi connectivity index (χ2v) is 4.66. The molecule has 0 aromatic heterocycles. The van der Waals surface area contributed by atoms with Crippen molar-refractivity contribution >= 4 is 17.8 Å². The van der Waals surface area contributed by atoms with Gasteiger partial charge in [-0.25, -0.2) is 0 Å². The molecule has 1 aliphatic heterocycles. The van der Waals surface area contributed by atoms with E-state index in [2.05, 4.69) is 5.32 Å². The van der Waals surface area contributed by atoms with Crippen LogP contribution in [0, 0.1) is 0 Å². The van der Waals surface area contributed by atoms with Gasteiger partial charge in [-0.2, -0.15) is 0 Å². The monoisotopic (exact) mass is 305 g/mol. The number of rotatable bonds is 4. The first-order valence-electron chi connectivity index (χ1n) is 6.31. The molecule has 0 unspecified atom stereocenters. The van der Waals surface area contributed by atoms with Crippen molar-refractivity contribution in [3.63, 3.8) is 0 Å². The van der Waals surface area contributed by atoms with Gasteiger partial charge in [-0.15, -0.1) is 0 Å². The van der Waals surface area contributed by atoms with Gasteiger partial charge in [-0.05, 0) is 0 Å². The number of amides is 1. The summed E-state index contributed by atoms with van der Waals surface area (Å²) in [5.74, 6) is -1.77. The summed E-state index contributed by atoms with van der Waals surface area (Å²) in [4.78, 5) is 33.0. The average molecular weight is 305 g/mol. The van der Waals surface area contributed by atoms with Crippen LogP contribution in [0.2, 0.25) is 0 Å². The third-order valence-corrected chi connectivity index (χ3v) is 2.80. The average Bonchev–Trinajstić information content (AvgIpc) is 2.35. The first kappa shape index (κ1) is 17.3. The van der Waals surface area contributed by atoms with E-state index in [-0.39, 0.29) is 6.61 Å². The molecule has 0 aromatic carbocycles. The molecule has 0 radical (unpaired) electrons. The third kappa shape index (κ3) is 4.96. The number of esters is 2. The molecule has 0 aromatic rings. The third-order valence-electron chi connectivity index (χ3n) is 2.80. The number of aliphatic hydroxyl groups is 2. The number of hydrogen-bond acceptors (Lipinski definition) is 8. The number of carbonyl (C=O) groups is 3. The summed E-state index contributed by atoms with van der Waals surface area (Å²) >= 11 is 0. The molecule has 0 aliphatic carbocycles. The molecular formula is C12H19NO8. The second-order valence-electron chi connectivity index (χ2n) is 4.66. The van der Waals surface area contributed by atoms with Crippen molar-refractivity contribution in [2.45, 2.75) is 51.4 Å². The predicted molar refractivity (Wildman–Crippen MR) is 66.7 cm³/mol. The zero-order valence-corrected chi connectivity index (χ0v) is 11.9. The molecular weight excluding hydrogens is 286 g/mol. The Morgan fingerprint density at radius 3 is 2.19 bits per heavy atom. The van der Waals surface area contributed by atoms with Crippen LogP contribution in [0.15, 0.2) is 0 Å². The zero-order chi connectivity index (χ0) is 16.2. The van der Waals surface area contributed by atoms with E-state index >= 15 is 0 Å². The zero-order valence-electron chi connectivity index (χ0n) is 11.9. The van der Waals surface area contributed by atoms with E-state index in [0.29, 0.717) is 0 Å². The fourth-order valence-electron chi connectivity index (χ4n) is 1.92. The van der Waals surface area contributed by atoms with Crippen molar-refractivity contribution in [2.75, 3.05) is 6.61 Å². The Morgan fingerprint density at radius 2 is 1.71 bits per heavy atom. The largest absolute Gasteiger partial charge is 0.463 e. The molecule has 1 fully saturated rings. The van der Waals surface area contributed by atoms with Gasteiger partial charge in [0.1, 0.15) is 31.0 Å². The maximum Gasteiger partial charge on any atom is 0.305 e. The van der Waals surface area contributed by atoms with Gasteiger partial charge < -0.3 is 29.7 Å². The Hall–Kier alpha value is -1.71. The summed E-state index contributed by atoms with van der Waals surface area (Å²) in [6, 6.07) is -1.13. The molecule has 1 heterocycles. The van der Waals surface area contributed by atoms with Crippen LogP contribution in [0.25, 0.3) is 0 Å². The summed E-state index contributed by atoms with van der Waals surface area (Å²) in [6.45, 7) is 3.19. The van der Waals surface area contributed by atoms with Gasteiger partial charge in [0.2, 0.25) is 12.2 Å². The Kier molecular flexibility index (Phi) is 6.06. The lowest BCUT2D eigenvalue weighted by molar-refractivity contribution is -0.263. The lowest BCUT2D eigenvalue weighted by atomic mass is 9.97. The van der Waals surface area contributed by atoms with E-state index < -0.39 is 48.5 Å².